The Morgan fingerprint density at radius 1 is 1.30 bits per heavy atom. The number of amides is 1. The Morgan fingerprint density at radius 3 is 2.63 bits per heavy atom. The molecule has 8 heteroatoms. The van der Waals surface area contributed by atoms with Crippen LogP contribution in [0.25, 0.3) is 0 Å². The minimum absolute atomic E-state index is 0.0745. The van der Waals surface area contributed by atoms with Crippen molar-refractivity contribution in [1.29, 1.82) is 0 Å². The van der Waals surface area contributed by atoms with Crippen LogP contribution >= 0.6 is 0 Å². The van der Waals surface area contributed by atoms with Crippen molar-refractivity contribution in [2.75, 3.05) is 29.4 Å². The Kier molecular flexibility index (Phi) is 3.65. The monoisotopic (exact) mass is 377 g/mol. The van der Waals surface area contributed by atoms with Gasteiger partial charge in [0.1, 0.15) is 11.5 Å². The molecule has 1 amide bonds. The van der Waals surface area contributed by atoms with E-state index in [1.54, 1.807) is 0 Å². The van der Waals surface area contributed by atoms with E-state index < -0.39 is 5.92 Å². The molecule has 5 aliphatic rings. The Bertz CT molecular complexity index is 789. The summed E-state index contributed by atoms with van der Waals surface area (Å²) in [6, 6.07) is 0.292. The fourth-order valence-corrected chi connectivity index (χ4v) is 5.32. The molecule has 146 valence electrons. The van der Waals surface area contributed by atoms with Crippen molar-refractivity contribution < 1.29 is 13.6 Å². The van der Waals surface area contributed by atoms with E-state index >= 15 is 0 Å². The molecule has 1 aromatic heterocycles. The molecule has 0 radical (unpaired) electrons. The fraction of sp³-hybridized carbons (Fsp3) is 0.737. The van der Waals surface area contributed by atoms with Gasteiger partial charge in [-0.15, -0.1) is 0 Å². The summed E-state index contributed by atoms with van der Waals surface area (Å²) in [6.07, 6.45) is 2.69. The predicted molar refractivity (Wildman–Crippen MR) is 96.8 cm³/mol. The average Bonchev–Trinajstić information content (AvgIpc) is 2.93. The van der Waals surface area contributed by atoms with Crippen LogP contribution in [-0.2, 0) is 17.1 Å². The van der Waals surface area contributed by atoms with Crippen molar-refractivity contribution in [3.05, 3.63) is 11.3 Å². The topological polar surface area (TPSA) is 75.3 Å². The quantitative estimate of drug-likeness (QED) is 0.869. The van der Waals surface area contributed by atoms with Crippen LogP contribution in [0.2, 0.25) is 0 Å². The maximum Gasteiger partial charge on any atom is 0.290 e. The molecule has 2 bridgehead atoms. The van der Waals surface area contributed by atoms with E-state index in [4.69, 9.17) is 10.7 Å². The Labute approximate surface area is 157 Å². The molecule has 4 atom stereocenters. The molecular formula is C19H25F2N5O. The molecule has 0 unspecified atom stereocenters. The summed E-state index contributed by atoms with van der Waals surface area (Å²) in [5.74, 6) is -0.853. The van der Waals surface area contributed by atoms with Crippen molar-refractivity contribution in [3.8, 4) is 0 Å². The molecule has 1 aromatic rings. The summed E-state index contributed by atoms with van der Waals surface area (Å²) >= 11 is 0. The lowest BCUT2D eigenvalue weighted by Gasteiger charge is -2.54. The number of primary amides is 1. The zero-order valence-electron chi connectivity index (χ0n) is 15.5. The van der Waals surface area contributed by atoms with Gasteiger partial charge >= 0.3 is 0 Å². The van der Waals surface area contributed by atoms with Crippen LogP contribution in [0, 0.1) is 17.8 Å². The number of carbonyl (C=O) groups is 1. The lowest BCUT2D eigenvalue weighted by Crippen LogP contribution is -2.56. The second-order valence-corrected chi connectivity index (χ2v) is 8.71. The first-order valence-corrected chi connectivity index (χ1v) is 9.92. The number of nitrogens with two attached hydrogens (primary N) is 1. The minimum Gasteiger partial charge on any atom is -0.370 e. The Morgan fingerprint density at radius 2 is 2.04 bits per heavy atom. The third-order valence-corrected chi connectivity index (χ3v) is 7.05. The van der Waals surface area contributed by atoms with E-state index in [9.17, 15) is 13.6 Å². The van der Waals surface area contributed by atoms with Crippen LogP contribution in [0.1, 0.15) is 43.9 Å². The normalized spacial score (nSPS) is 33.3. The minimum atomic E-state index is -2.87. The maximum absolute atomic E-state index is 14.5. The van der Waals surface area contributed by atoms with Gasteiger partial charge in [0.2, 0.25) is 11.9 Å². The summed E-state index contributed by atoms with van der Waals surface area (Å²) in [5.41, 5.74) is 5.92. The molecule has 6 rings (SSSR count). The molecule has 0 aromatic carbocycles. The smallest absolute Gasteiger partial charge is 0.290 e. The van der Waals surface area contributed by atoms with Crippen molar-refractivity contribution in [2.45, 2.75) is 51.0 Å². The molecule has 6 nitrogen and oxygen atoms in total. The highest BCUT2D eigenvalue weighted by molar-refractivity contribution is 5.74. The van der Waals surface area contributed by atoms with Crippen LogP contribution in [0.4, 0.5) is 20.5 Å². The van der Waals surface area contributed by atoms with Gasteiger partial charge in [0, 0.05) is 44.1 Å². The second kappa shape index (κ2) is 5.75. The number of fused-ring (bicyclic) bond motifs is 3. The maximum atomic E-state index is 14.5. The highest BCUT2D eigenvalue weighted by Crippen LogP contribution is 2.50. The summed E-state index contributed by atoms with van der Waals surface area (Å²) in [5, 5.41) is 0. The molecule has 3 aliphatic heterocycles. The van der Waals surface area contributed by atoms with E-state index in [-0.39, 0.29) is 18.0 Å². The van der Waals surface area contributed by atoms with Crippen molar-refractivity contribution >= 4 is 17.7 Å². The summed E-state index contributed by atoms with van der Waals surface area (Å²) in [7, 11) is 0. The summed E-state index contributed by atoms with van der Waals surface area (Å²) in [4.78, 5) is 24.5. The number of piperidine rings is 2. The highest BCUT2D eigenvalue weighted by atomic mass is 19.3. The molecule has 3 saturated heterocycles. The van der Waals surface area contributed by atoms with E-state index in [2.05, 4.69) is 16.8 Å². The zero-order valence-corrected chi connectivity index (χ0v) is 15.5. The number of aromatic nitrogens is 2. The highest BCUT2D eigenvalue weighted by Gasteiger charge is 2.50. The van der Waals surface area contributed by atoms with Gasteiger partial charge in [0.05, 0.1) is 0 Å². The van der Waals surface area contributed by atoms with Gasteiger partial charge < -0.3 is 15.5 Å². The Balaban J connectivity index is 1.47. The van der Waals surface area contributed by atoms with Crippen molar-refractivity contribution in [2.24, 2.45) is 23.5 Å². The summed E-state index contributed by atoms with van der Waals surface area (Å²) < 4.78 is 28.9. The van der Waals surface area contributed by atoms with Gasteiger partial charge in [-0.05, 0) is 43.9 Å². The van der Waals surface area contributed by atoms with Gasteiger partial charge in [0.15, 0.2) is 0 Å². The molecular weight excluding hydrogens is 352 g/mol. The number of hydrogen-bond acceptors (Lipinski definition) is 5. The zero-order chi connectivity index (χ0) is 18.9. The van der Waals surface area contributed by atoms with E-state index in [0.717, 1.165) is 32.5 Å². The second-order valence-electron chi connectivity index (χ2n) is 8.71. The molecule has 4 heterocycles. The first-order valence-electron chi connectivity index (χ1n) is 9.92. The SMILES string of the molecule is C[C@H]1CCN1c1nc(N2C[C@H]3C[C@@H](C2)[C@@H]3CC(N)=O)c2c(n1)C(F)(F)CC2. The van der Waals surface area contributed by atoms with Gasteiger partial charge in [-0.1, -0.05) is 0 Å². The number of rotatable bonds is 4. The van der Waals surface area contributed by atoms with E-state index in [0.29, 0.717) is 54.0 Å². The predicted octanol–water partition coefficient (Wildman–Crippen LogP) is 2.06. The Hall–Kier alpha value is -1.99. The lowest BCUT2D eigenvalue weighted by molar-refractivity contribution is -0.121. The number of carbonyl (C=O) groups excluding carboxylic acids is 1. The first kappa shape index (κ1) is 17.1. The first-order chi connectivity index (χ1) is 12.8. The fourth-order valence-electron chi connectivity index (χ4n) is 5.32. The van der Waals surface area contributed by atoms with Crippen LogP contribution in [0.3, 0.4) is 0 Å². The van der Waals surface area contributed by atoms with Crippen LogP contribution in [0.5, 0.6) is 0 Å². The lowest BCUT2D eigenvalue weighted by atomic mass is 9.60. The van der Waals surface area contributed by atoms with Crippen molar-refractivity contribution in [1.82, 2.24) is 9.97 Å². The molecule has 2 N–H and O–H groups in total. The molecule has 1 saturated carbocycles. The number of halogens is 2. The summed E-state index contributed by atoms with van der Waals surface area (Å²) in [6.45, 7) is 4.41. The number of hydrogen-bond donors (Lipinski definition) is 1. The van der Waals surface area contributed by atoms with Gasteiger partial charge in [-0.3, -0.25) is 4.79 Å². The molecule has 2 aliphatic carbocycles. The number of alkyl halides is 2. The average molecular weight is 377 g/mol. The van der Waals surface area contributed by atoms with Crippen LogP contribution in [-0.4, -0.2) is 41.6 Å². The van der Waals surface area contributed by atoms with Crippen LogP contribution in [0.15, 0.2) is 0 Å². The van der Waals surface area contributed by atoms with Gasteiger partial charge in [0.25, 0.3) is 5.92 Å². The molecule has 0 spiro atoms. The number of nitrogens with zero attached hydrogens (tertiary/aromatic N) is 4. The van der Waals surface area contributed by atoms with Gasteiger partial charge in [-0.25, -0.2) is 4.98 Å². The van der Waals surface area contributed by atoms with Crippen LogP contribution < -0.4 is 15.5 Å². The van der Waals surface area contributed by atoms with Crippen molar-refractivity contribution in [3.63, 3.8) is 0 Å². The molecule has 27 heavy (non-hydrogen) atoms. The number of anilines is 2. The third-order valence-electron chi connectivity index (χ3n) is 7.05. The van der Waals surface area contributed by atoms with E-state index in [1.165, 1.54) is 0 Å². The molecule has 4 fully saturated rings. The van der Waals surface area contributed by atoms with E-state index in [1.807, 2.05) is 4.90 Å². The standard InChI is InChI=1S/C19H25F2N5O/c1-10-3-5-26(10)18-23-16-13(2-4-19(16,20)21)17(24-18)25-8-11-6-12(9-25)14(11)7-15(22)27/h10-12,14H,2-9H2,1H3,(H2,22,27)/t10-,11-,12+,14-/m0/s1. The third kappa shape index (κ3) is 2.59. The van der Waals surface area contributed by atoms with Gasteiger partial charge in [-0.2, -0.15) is 13.8 Å². The largest absolute Gasteiger partial charge is 0.370 e.